The molecule has 0 aliphatic rings. The van der Waals surface area contributed by atoms with Crippen LogP contribution in [0.15, 0.2) is 34.8 Å². The molecule has 0 saturated carbocycles. The molecule has 0 aliphatic carbocycles. The van der Waals surface area contributed by atoms with Gasteiger partial charge in [-0.1, -0.05) is 40.2 Å². The van der Waals surface area contributed by atoms with Crippen molar-refractivity contribution in [2.45, 2.75) is 26.8 Å². The molecule has 0 aliphatic heterocycles. The topological polar surface area (TPSA) is 21.3 Å². The Balaban J connectivity index is 2.48. The molecule has 0 spiro atoms. The minimum absolute atomic E-state index is 0.181. The van der Waals surface area contributed by atoms with Gasteiger partial charge < -0.3 is 10.1 Å². The Labute approximate surface area is 135 Å². The van der Waals surface area contributed by atoms with Gasteiger partial charge in [0.15, 0.2) is 0 Å². The molecule has 0 amide bonds. The van der Waals surface area contributed by atoms with Crippen molar-refractivity contribution in [2.24, 2.45) is 0 Å². The van der Waals surface area contributed by atoms with Crippen LogP contribution >= 0.6 is 15.9 Å². The molecule has 0 fully saturated rings. The van der Waals surface area contributed by atoms with Crippen LogP contribution in [0.4, 0.5) is 0 Å². The zero-order valence-electron chi connectivity index (χ0n) is 13.3. The number of benzene rings is 2. The smallest absolute Gasteiger partial charge is 0.124 e. The first-order valence-electron chi connectivity index (χ1n) is 7.06. The summed E-state index contributed by atoms with van der Waals surface area (Å²) in [7, 11) is 3.72. The second-order valence-electron chi connectivity index (χ2n) is 5.42. The third-order valence-corrected chi connectivity index (χ3v) is 4.71. The van der Waals surface area contributed by atoms with Gasteiger partial charge in [0.25, 0.3) is 0 Å². The van der Waals surface area contributed by atoms with Crippen molar-refractivity contribution in [3.63, 3.8) is 0 Å². The lowest BCUT2D eigenvalue weighted by molar-refractivity contribution is 0.408. The minimum Gasteiger partial charge on any atom is -0.496 e. The summed E-state index contributed by atoms with van der Waals surface area (Å²) in [5.41, 5.74) is 6.11. The largest absolute Gasteiger partial charge is 0.496 e. The molecule has 1 N–H and O–H groups in total. The minimum atomic E-state index is 0.181. The van der Waals surface area contributed by atoms with Gasteiger partial charge in [-0.25, -0.2) is 0 Å². The molecule has 2 aromatic carbocycles. The summed E-state index contributed by atoms with van der Waals surface area (Å²) in [6, 6.07) is 11.1. The first-order valence-corrected chi connectivity index (χ1v) is 7.85. The van der Waals surface area contributed by atoms with E-state index >= 15 is 0 Å². The molecule has 21 heavy (non-hydrogen) atoms. The highest BCUT2D eigenvalue weighted by molar-refractivity contribution is 9.10. The van der Waals surface area contributed by atoms with Gasteiger partial charge in [-0.05, 0) is 61.7 Å². The molecule has 0 radical (unpaired) electrons. The average Bonchev–Trinajstić information content (AvgIpc) is 2.43. The predicted molar refractivity (Wildman–Crippen MR) is 92.2 cm³/mol. The van der Waals surface area contributed by atoms with E-state index in [1.165, 1.54) is 27.8 Å². The summed E-state index contributed by atoms with van der Waals surface area (Å²) in [5, 5.41) is 3.42. The van der Waals surface area contributed by atoms with Gasteiger partial charge in [-0.3, -0.25) is 0 Å². The van der Waals surface area contributed by atoms with Crippen LogP contribution < -0.4 is 10.1 Å². The molecule has 112 valence electrons. The Morgan fingerprint density at radius 1 is 0.952 bits per heavy atom. The summed E-state index contributed by atoms with van der Waals surface area (Å²) < 4.78 is 6.60. The molecule has 0 saturated heterocycles. The highest BCUT2D eigenvalue weighted by Gasteiger charge is 2.15. The van der Waals surface area contributed by atoms with Crippen molar-refractivity contribution < 1.29 is 4.74 Å². The molecular weight excluding hydrogens is 326 g/mol. The molecular formula is C18H22BrNO. The maximum Gasteiger partial charge on any atom is 0.124 e. The Bertz CT molecular complexity index is 629. The highest BCUT2D eigenvalue weighted by atomic mass is 79.9. The maximum atomic E-state index is 5.46. The van der Waals surface area contributed by atoms with Gasteiger partial charge in [-0.15, -0.1) is 0 Å². The van der Waals surface area contributed by atoms with E-state index in [1.807, 2.05) is 7.05 Å². The molecule has 0 aromatic heterocycles. The second-order valence-corrected chi connectivity index (χ2v) is 6.27. The van der Waals surface area contributed by atoms with Crippen LogP contribution in [-0.2, 0) is 0 Å². The van der Waals surface area contributed by atoms with E-state index in [0.29, 0.717) is 0 Å². The quantitative estimate of drug-likeness (QED) is 0.865. The maximum absolute atomic E-state index is 5.46. The zero-order valence-corrected chi connectivity index (χ0v) is 14.8. The van der Waals surface area contributed by atoms with E-state index in [4.69, 9.17) is 4.74 Å². The van der Waals surface area contributed by atoms with Crippen LogP contribution in [0.3, 0.4) is 0 Å². The normalized spacial score (nSPS) is 12.3. The summed E-state index contributed by atoms with van der Waals surface area (Å²) in [6.07, 6.45) is 0. The van der Waals surface area contributed by atoms with Crippen molar-refractivity contribution in [2.75, 3.05) is 14.2 Å². The first-order chi connectivity index (χ1) is 9.97. The number of ether oxygens (including phenoxy) is 1. The summed E-state index contributed by atoms with van der Waals surface area (Å²) in [4.78, 5) is 0. The summed E-state index contributed by atoms with van der Waals surface area (Å²) in [6.45, 7) is 6.30. The van der Waals surface area contributed by atoms with Crippen molar-refractivity contribution in [1.29, 1.82) is 0 Å². The number of hydrogen-bond acceptors (Lipinski definition) is 2. The second kappa shape index (κ2) is 6.63. The van der Waals surface area contributed by atoms with Gasteiger partial charge in [-0.2, -0.15) is 0 Å². The highest BCUT2D eigenvalue weighted by Crippen LogP contribution is 2.31. The van der Waals surface area contributed by atoms with E-state index in [1.54, 1.807) is 7.11 Å². The van der Waals surface area contributed by atoms with E-state index in [-0.39, 0.29) is 6.04 Å². The van der Waals surface area contributed by atoms with Crippen molar-refractivity contribution in [3.8, 4) is 5.75 Å². The third kappa shape index (κ3) is 3.30. The molecule has 3 heteroatoms. The Hall–Kier alpha value is -1.32. The lowest BCUT2D eigenvalue weighted by Gasteiger charge is -2.20. The standard InChI is InChI=1S/C18H22BrNO/c1-11-8-14(6-7-16(11)19)17(20-4)15-9-12(2)18(21-5)13(3)10-15/h6-10,17,20H,1-5H3. The molecule has 2 rings (SSSR count). The van der Waals surface area contributed by atoms with Gasteiger partial charge >= 0.3 is 0 Å². The number of rotatable bonds is 4. The van der Waals surface area contributed by atoms with Crippen LogP contribution in [0, 0.1) is 20.8 Å². The van der Waals surface area contributed by atoms with Crippen LogP contribution in [0.5, 0.6) is 5.75 Å². The van der Waals surface area contributed by atoms with Gasteiger partial charge in [0.1, 0.15) is 5.75 Å². The number of hydrogen-bond donors (Lipinski definition) is 1. The molecule has 1 unspecified atom stereocenters. The Morgan fingerprint density at radius 3 is 2.00 bits per heavy atom. The number of aryl methyl sites for hydroxylation is 3. The lowest BCUT2D eigenvalue weighted by atomic mass is 9.94. The lowest BCUT2D eigenvalue weighted by Crippen LogP contribution is -2.18. The number of nitrogens with one attached hydrogen (secondary N) is 1. The van der Waals surface area contributed by atoms with Crippen molar-refractivity contribution in [1.82, 2.24) is 5.32 Å². The van der Waals surface area contributed by atoms with Crippen molar-refractivity contribution >= 4 is 15.9 Å². The summed E-state index contributed by atoms with van der Waals surface area (Å²) >= 11 is 3.56. The Kier molecular flexibility index (Phi) is 5.07. The average molecular weight is 348 g/mol. The van der Waals surface area contributed by atoms with Gasteiger partial charge in [0.2, 0.25) is 0 Å². The van der Waals surface area contributed by atoms with E-state index in [2.05, 4.69) is 72.3 Å². The predicted octanol–water partition coefficient (Wildman–Crippen LogP) is 4.69. The van der Waals surface area contributed by atoms with Crippen molar-refractivity contribution in [3.05, 3.63) is 62.6 Å². The third-order valence-electron chi connectivity index (χ3n) is 3.82. The molecule has 0 heterocycles. The zero-order chi connectivity index (χ0) is 15.6. The van der Waals surface area contributed by atoms with E-state index in [0.717, 1.165) is 10.2 Å². The Morgan fingerprint density at radius 2 is 1.52 bits per heavy atom. The van der Waals surface area contributed by atoms with Crippen LogP contribution in [0.1, 0.15) is 33.9 Å². The SMILES string of the molecule is CNC(c1ccc(Br)c(C)c1)c1cc(C)c(OC)c(C)c1. The fourth-order valence-electron chi connectivity index (χ4n) is 2.85. The van der Waals surface area contributed by atoms with Crippen LogP contribution in [0.2, 0.25) is 0 Å². The molecule has 2 aromatic rings. The van der Waals surface area contributed by atoms with Gasteiger partial charge in [0, 0.05) is 4.47 Å². The van der Waals surface area contributed by atoms with E-state index in [9.17, 15) is 0 Å². The molecule has 2 nitrogen and oxygen atoms in total. The number of halogens is 1. The monoisotopic (exact) mass is 347 g/mol. The van der Waals surface area contributed by atoms with Crippen LogP contribution in [0.25, 0.3) is 0 Å². The molecule has 0 bridgehead atoms. The summed E-state index contributed by atoms with van der Waals surface area (Å²) in [5.74, 6) is 0.973. The molecule has 1 atom stereocenters. The van der Waals surface area contributed by atoms with E-state index < -0.39 is 0 Å². The number of methoxy groups -OCH3 is 1. The van der Waals surface area contributed by atoms with Crippen LogP contribution in [-0.4, -0.2) is 14.2 Å². The first kappa shape index (κ1) is 16.1. The fourth-order valence-corrected chi connectivity index (χ4v) is 3.09. The fraction of sp³-hybridized carbons (Fsp3) is 0.333. The van der Waals surface area contributed by atoms with Gasteiger partial charge in [0.05, 0.1) is 13.2 Å².